The maximum absolute atomic E-state index is 5.54. The van der Waals surface area contributed by atoms with E-state index in [2.05, 4.69) is 0 Å². The summed E-state index contributed by atoms with van der Waals surface area (Å²) in [4.78, 5) is 0. The number of furan rings is 1. The Morgan fingerprint density at radius 3 is 2.82 bits per heavy atom. The lowest BCUT2D eigenvalue weighted by Crippen LogP contribution is -1.80. The Labute approximate surface area is 65.6 Å². The molecule has 58 valence electrons. The Kier molecular flexibility index (Phi) is 1.85. The highest BCUT2D eigenvalue weighted by atomic mass is 16.3. The van der Waals surface area contributed by atoms with Crippen molar-refractivity contribution in [2.24, 2.45) is 0 Å². The lowest BCUT2D eigenvalue weighted by atomic mass is 10.2. The topological polar surface area (TPSA) is 39.2 Å². The smallest absolute Gasteiger partial charge is 0.133 e. The molecule has 0 aliphatic rings. The first-order valence-corrected chi connectivity index (χ1v) is 3.09. The summed E-state index contributed by atoms with van der Waals surface area (Å²) in [6.07, 6.45) is 1.66. The van der Waals surface area contributed by atoms with Crippen molar-refractivity contribution in [2.45, 2.75) is 7.43 Å². The Bertz CT molecular complexity index is 351. The number of hydrogen-bond donors (Lipinski definition) is 1. The fourth-order valence-corrected chi connectivity index (χ4v) is 0.985. The standard InChI is InChI=1S/C8H7NO.CH4/c9-7-1-2-8-6(5-7)3-4-10-8;/h1-5H,9H2;1H4. The second-order valence-corrected chi connectivity index (χ2v) is 2.22. The van der Waals surface area contributed by atoms with Crippen LogP contribution in [-0.4, -0.2) is 0 Å². The third kappa shape index (κ3) is 1.19. The zero-order valence-electron chi connectivity index (χ0n) is 5.37. The van der Waals surface area contributed by atoms with Gasteiger partial charge in [0.1, 0.15) is 5.58 Å². The van der Waals surface area contributed by atoms with Gasteiger partial charge in [-0.3, -0.25) is 0 Å². The molecule has 0 bridgehead atoms. The predicted molar refractivity (Wildman–Crippen MR) is 47.4 cm³/mol. The third-order valence-corrected chi connectivity index (χ3v) is 1.48. The average molecular weight is 149 g/mol. The third-order valence-electron chi connectivity index (χ3n) is 1.48. The molecule has 1 aromatic heterocycles. The van der Waals surface area contributed by atoms with E-state index in [0.29, 0.717) is 0 Å². The van der Waals surface area contributed by atoms with E-state index in [4.69, 9.17) is 10.2 Å². The van der Waals surface area contributed by atoms with Crippen molar-refractivity contribution in [1.29, 1.82) is 0 Å². The molecule has 2 heteroatoms. The van der Waals surface area contributed by atoms with Crippen LogP contribution in [0.15, 0.2) is 34.9 Å². The summed E-state index contributed by atoms with van der Waals surface area (Å²) in [6.45, 7) is 0. The van der Waals surface area contributed by atoms with E-state index in [1.54, 1.807) is 6.26 Å². The number of anilines is 1. The number of nitrogens with two attached hydrogens (primary N) is 1. The van der Waals surface area contributed by atoms with Crippen LogP contribution < -0.4 is 5.73 Å². The zero-order valence-corrected chi connectivity index (χ0v) is 5.37. The lowest BCUT2D eigenvalue weighted by molar-refractivity contribution is 0.616. The molecular formula is C9H11NO. The molecule has 0 radical (unpaired) electrons. The van der Waals surface area contributed by atoms with Crippen LogP contribution in [0.3, 0.4) is 0 Å². The van der Waals surface area contributed by atoms with Gasteiger partial charge in [0.2, 0.25) is 0 Å². The molecule has 1 heterocycles. The highest BCUT2D eigenvalue weighted by Gasteiger charge is 1.93. The second kappa shape index (κ2) is 2.66. The highest BCUT2D eigenvalue weighted by molar-refractivity contribution is 5.80. The van der Waals surface area contributed by atoms with E-state index in [1.807, 2.05) is 24.3 Å². The van der Waals surface area contributed by atoms with E-state index < -0.39 is 0 Å². The predicted octanol–water partition coefficient (Wildman–Crippen LogP) is 2.65. The molecule has 0 spiro atoms. The summed E-state index contributed by atoms with van der Waals surface area (Å²) in [5.41, 5.74) is 7.20. The largest absolute Gasteiger partial charge is 0.464 e. The van der Waals surface area contributed by atoms with Gasteiger partial charge in [0.05, 0.1) is 6.26 Å². The number of benzene rings is 1. The molecule has 0 aliphatic heterocycles. The highest BCUT2D eigenvalue weighted by Crippen LogP contribution is 2.17. The van der Waals surface area contributed by atoms with Crippen LogP contribution >= 0.6 is 0 Å². The van der Waals surface area contributed by atoms with Crippen LogP contribution in [-0.2, 0) is 0 Å². The van der Waals surface area contributed by atoms with Crippen molar-refractivity contribution < 1.29 is 4.42 Å². The molecule has 0 saturated heterocycles. The van der Waals surface area contributed by atoms with E-state index in [0.717, 1.165) is 16.7 Å². The minimum absolute atomic E-state index is 0. The summed E-state index contributed by atoms with van der Waals surface area (Å²) in [6, 6.07) is 7.47. The van der Waals surface area contributed by atoms with Crippen LogP contribution in [0.25, 0.3) is 11.0 Å². The van der Waals surface area contributed by atoms with E-state index in [9.17, 15) is 0 Å². The minimum atomic E-state index is 0. The van der Waals surface area contributed by atoms with Crippen molar-refractivity contribution in [3.8, 4) is 0 Å². The molecule has 0 unspecified atom stereocenters. The molecule has 2 rings (SSSR count). The number of hydrogen-bond acceptors (Lipinski definition) is 2. The normalized spacial score (nSPS) is 9.45. The van der Waals surface area contributed by atoms with Crippen molar-refractivity contribution in [3.63, 3.8) is 0 Å². The maximum atomic E-state index is 5.54. The van der Waals surface area contributed by atoms with Gasteiger partial charge in [-0.25, -0.2) is 0 Å². The van der Waals surface area contributed by atoms with Gasteiger partial charge in [-0.05, 0) is 24.3 Å². The summed E-state index contributed by atoms with van der Waals surface area (Å²) < 4.78 is 5.12. The summed E-state index contributed by atoms with van der Waals surface area (Å²) >= 11 is 0. The van der Waals surface area contributed by atoms with Gasteiger partial charge in [0.15, 0.2) is 0 Å². The van der Waals surface area contributed by atoms with Gasteiger partial charge < -0.3 is 10.2 Å². The minimum Gasteiger partial charge on any atom is -0.464 e. The SMILES string of the molecule is C.Nc1ccc2occc2c1. The van der Waals surface area contributed by atoms with Crippen molar-refractivity contribution in [3.05, 3.63) is 30.5 Å². The van der Waals surface area contributed by atoms with E-state index in [-0.39, 0.29) is 7.43 Å². The van der Waals surface area contributed by atoms with Gasteiger partial charge in [0.25, 0.3) is 0 Å². The van der Waals surface area contributed by atoms with Crippen LogP contribution in [0, 0.1) is 0 Å². The van der Waals surface area contributed by atoms with Crippen LogP contribution in [0.5, 0.6) is 0 Å². The molecule has 2 N–H and O–H groups in total. The van der Waals surface area contributed by atoms with Crippen LogP contribution in [0.4, 0.5) is 5.69 Å². The summed E-state index contributed by atoms with van der Waals surface area (Å²) in [5, 5.41) is 1.06. The van der Waals surface area contributed by atoms with E-state index >= 15 is 0 Å². The molecule has 2 nitrogen and oxygen atoms in total. The summed E-state index contributed by atoms with van der Waals surface area (Å²) in [5.74, 6) is 0. The lowest BCUT2D eigenvalue weighted by Gasteiger charge is -1.89. The van der Waals surface area contributed by atoms with Gasteiger partial charge in [-0.15, -0.1) is 0 Å². The molecular weight excluding hydrogens is 138 g/mol. The first-order chi connectivity index (χ1) is 4.86. The Morgan fingerprint density at radius 2 is 2.00 bits per heavy atom. The van der Waals surface area contributed by atoms with Gasteiger partial charge >= 0.3 is 0 Å². The molecule has 0 atom stereocenters. The quantitative estimate of drug-likeness (QED) is 0.585. The number of rotatable bonds is 0. The van der Waals surface area contributed by atoms with Gasteiger partial charge in [-0.2, -0.15) is 0 Å². The first-order valence-electron chi connectivity index (χ1n) is 3.09. The van der Waals surface area contributed by atoms with E-state index in [1.165, 1.54) is 0 Å². The van der Waals surface area contributed by atoms with Gasteiger partial charge in [-0.1, -0.05) is 7.43 Å². The van der Waals surface area contributed by atoms with Crippen LogP contribution in [0.1, 0.15) is 7.43 Å². The number of nitrogen functional groups attached to an aromatic ring is 1. The maximum Gasteiger partial charge on any atom is 0.133 e. The second-order valence-electron chi connectivity index (χ2n) is 2.22. The Morgan fingerprint density at radius 1 is 1.18 bits per heavy atom. The monoisotopic (exact) mass is 149 g/mol. The molecule has 11 heavy (non-hydrogen) atoms. The fourth-order valence-electron chi connectivity index (χ4n) is 0.985. The molecule has 0 saturated carbocycles. The fraction of sp³-hybridized carbons (Fsp3) is 0.111. The van der Waals surface area contributed by atoms with Crippen molar-refractivity contribution in [1.82, 2.24) is 0 Å². The molecule has 0 amide bonds. The number of fused-ring (bicyclic) bond motifs is 1. The van der Waals surface area contributed by atoms with Crippen molar-refractivity contribution >= 4 is 16.7 Å². The van der Waals surface area contributed by atoms with Gasteiger partial charge in [0, 0.05) is 11.1 Å². The average Bonchev–Trinajstić information content (AvgIpc) is 2.33. The van der Waals surface area contributed by atoms with Crippen molar-refractivity contribution in [2.75, 3.05) is 5.73 Å². The molecule has 1 aromatic carbocycles. The Hall–Kier alpha value is -1.44. The molecule has 2 aromatic rings. The van der Waals surface area contributed by atoms with Crippen LogP contribution in [0.2, 0.25) is 0 Å². The Balaban J connectivity index is 0.000000605. The molecule has 0 aliphatic carbocycles. The molecule has 0 fully saturated rings. The zero-order chi connectivity index (χ0) is 6.97. The first kappa shape index (κ1) is 7.66. The summed E-state index contributed by atoms with van der Waals surface area (Å²) in [7, 11) is 0.